The van der Waals surface area contributed by atoms with Gasteiger partial charge >= 0.3 is 5.97 Å². The van der Waals surface area contributed by atoms with Gasteiger partial charge in [-0.3, -0.25) is 25.2 Å². The van der Waals surface area contributed by atoms with Crippen molar-refractivity contribution < 1.29 is 23.9 Å². The lowest BCUT2D eigenvalue weighted by atomic mass is 10.2. The van der Waals surface area contributed by atoms with E-state index in [9.17, 15) is 14.4 Å². The normalized spacial score (nSPS) is 9.67. The predicted octanol–water partition coefficient (Wildman–Crippen LogP) is 1.06. The number of nitrogens with one attached hydrogen (secondary N) is 2. The molecule has 1 rings (SSSR count). The molecule has 0 radical (unpaired) electrons. The van der Waals surface area contributed by atoms with E-state index in [1.165, 1.54) is 19.2 Å². The zero-order valence-corrected chi connectivity index (χ0v) is 12.3. The molecule has 114 valence electrons. The number of rotatable bonds is 5. The number of ether oxygens (including phenoxy) is 2. The van der Waals surface area contributed by atoms with Crippen molar-refractivity contribution in [1.29, 1.82) is 0 Å². The third-order valence-corrected chi connectivity index (χ3v) is 2.61. The van der Waals surface area contributed by atoms with Crippen LogP contribution in [0.1, 0.15) is 23.7 Å². The summed E-state index contributed by atoms with van der Waals surface area (Å²) in [5.74, 6) is -1.47. The van der Waals surface area contributed by atoms with Crippen LogP contribution in [0.2, 0.25) is 5.02 Å². The van der Waals surface area contributed by atoms with Crippen LogP contribution in [-0.2, 0) is 14.3 Å². The molecule has 2 amide bonds. The number of benzene rings is 1. The number of hydrazine groups is 1. The van der Waals surface area contributed by atoms with Crippen molar-refractivity contribution in [2.45, 2.75) is 13.3 Å². The summed E-state index contributed by atoms with van der Waals surface area (Å²) < 4.78 is 9.63. The Labute approximate surface area is 126 Å². The number of hydrogen-bond acceptors (Lipinski definition) is 5. The van der Waals surface area contributed by atoms with Gasteiger partial charge < -0.3 is 9.47 Å². The number of halogens is 1. The fraction of sp³-hybridized carbons (Fsp3) is 0.308. The molecule has 0 saturated heterocycles. The van der Waals surface area contributed by atoms with Gasteiger partial charge in [0.15, 0.2) is 6.61 Å². The van der Waals surface area contributed by atoms with Crippen LogP contribution >= 0.6 is 11.6 Å². The Kier molecular flexibility index (Phi) is 6.48. The number of carbonyl (C=O) groups excluding carboxylic acids is 3. The zero-order valence-electron chi connectivity index (χ0n) is 11.6. The number of carbonyl (C=O) groups is 3. The fourth-order valence-electron chi connectivity index (χ4n) is 1.34. The van der Waals surface area contributed by atoms with Gasteiger partial charge in [0.2, 0.25) is 0 Å². The first-order valence-corrected chi connectivity index (χ1v) is 6.44. The van der Waals surface area contributed by atoms with Gasteiger partial charge in [-0.15, -0.1) is 0 Å². The van der Waals surface area contributed by atoms with Crippen molar-refractivity contribution in [2.24, 2.45) is 0 Å². The Hall–Kier alpha value is -2.28. The lowest BCUT2D eigenvalue weighted by molar-refractivity contribution is -0.148. The molecule has 1 aromatic rings. The van der Waals surface area contributed by atoms with E-state index in [4.69, 9.17) is 16.3 Å². The van der Waals surface area contributed by atoms with E-state index in [1.807, 2.05) is 0 Å². The molecule has 2 N–H and O–H groups in total. The quantitative estimate of drug-likeness (QED) is 0.626. The molecule has 0 aromatic heterocycles. The molecule has 0 saturated carbocycles. The summed E-state index contributed by atoms with van der Waals surface area (Å²) in [5.41, 5.74) is 4.45. The molecule has 0 atom stereocenters. The number of esters is 1. The highest BCUT2D eigenvalue weighted by molar-refractivity contribution is 6.31. The van der Waals surface area contributed by atoms with E-state index in [2.05, 4.69) is 15.6 Å². The molecule has 1 aromatic carbocycles. The first-order chi connectivity index (χ1) is 9.97. The summed E-state index contributed by atoms with van der Waals surface area (Å²) in [6.07, 6.45) is 0.166. The van der Waals surface area contributed by atoms with E-state index in [1.54, 1.807) is 13.0 Å². The molecule has 0 spiro atoms. The molecular weight excluding hydrogens is 300 g/mol. The molecule has 7 nitrogen and oxygen atoms in total. The average molecular weight is 315 g/mol. The second-order valence-corrected chi connectivity index (χ2v) is 4.30. The molecule has 0 fully saturated rings. The highest BCUT2D eigenvalue weighted by Crippen LogP contribution is 2.22. The Morgan fingerprint density at radius 3 is 2.57 bits per heavy atom. The molecule has 0 aliphatic heterocycles. The van der Waals surface area contributed by atoms with E-state index in [-0.39, 0.29) is 12.0 Å². The minimum Gasteiger partial charge on any atom is -0.496 e. The summed E-state index contributed by atoms with van der Waals surface area (Å²) in [4.78, 5) is 34.1. The van der Waals surface area contributed by atoms with Crippen LogP contribution in [0.3, 0.4) is 0 Å². The maximum absolute atomic E-state index is 11.9. The van der Waals surface area contributed by atoms with Crippen LogP contribution in [-0.4, -0.2) is 31.5 Å². The van der Waals surface area contributed by atoms with Crippen molar-refractivity contribution in [3.05, 3.63) is 28.8 Å². The third-order valence-electron chi connectivity index (χ3n) is 2.37. The minimum absolute atomic E-state index is 0.163. The van der Waals surface area contributed by atoms with Crippen LogP contribution in [0.4, 0.5) is 0 Å². The smallest absolute Gasteiger partial charge is 0.306 e. The van der Waals surface area contributed by atoms with Gasteiger partial charge in [0.1, 0.15) is 5.75 Å². The van der Waals surface area contributed by atoms with E-state index >= 15 is 0 Å². The SMILES string of the molecule is CCC(=O)OCC(=O)NNC(=O)c1cc(Cl)ccc1OC. The van der Waals surface area contributed by atoms with Crippen molar-refractivity contribution in [1.82, 2.24) is 10.9 Å². The highest BCUT2D eigenvalue weighted by Gasteiger charge is 2.14. The lowest BCUT2D eigenvalue weighted by Crippen LogP contribution is -2.43. The third kappa shape index (κ3) is 5.31. The summed E-state index contributed by atoms with van der Waals surface area (Å²) in [6, 6.07) is 4.50. The maximum atomic E-state index is 11.9. The monoisotopic (exact) mass is 314 g/mol. The van der Waals surface area contributed by atoms with Gasteiger partial charge in [-0.25, -0.2) is 0 Å². The Balaban J connectivity index is 2.56. The predicted molar refractivity (Wildman–Crippen MR) is 74.9 cm³/mol. The van der Waals surface area contributed by atoms with Crippen LogP contribution in [0.25, 0.3) is 0 Å². The maximum Gasteiger partial charge on any atom is 0.306 e. The number of amides is 2. The summed E-state index contributed by atoms with van der Waals surface area (Å²) >= 11 is 5.80. The van der Waals surface area contributed by atoms with Crippen molar-refractivity contribution in [3.8, 4) is 5.75 Å². The molecular formula is C13H15ClN2O5. The van der Waals surface area contributed by atoms with Gasteiger partial charge in [-0.2, -0.15) is 0 Å². The first kappa shape index (κ1) is 16.8. The first-order valence-electron chi connectivity index (χ1n) is 6.06. The van der Waals surface area contributed by atoms with Gasteiger partial charge in [-0.05, 0) is 18.2 Å². The van der Waals surface area contributed by atoms with Crippen molar-refractivity contribution in [2.75, 3.05) is 13.7 Å². The Morgan fingerprint density at radius 2 is 1.95 bits per heavy atom. The van der Waals surface area contributed by atoms with Gasteiger partial charge in [-0.1, -0.05) is 18.5 Å². The molecule has 21 heavy (non-hydrogen) atoms. The molecule has 0 bridgehead atoms. The van der Waals surface area contributed by atoms with E-state index in [0.717, 1.165) is 0 Å². The Morgan fingerprint density at radius 1 is 1.24 bits per heavy atom. The van der Waals surface area contributed by atoms with Crippen LogP contribution in [0.5, 0.6) is 5.75 Å². The van der Waals surface area contributed by atoms with Gasteiger partial charge in [0.25, 0.3) is 11.8 Å². The Bertz CT molecular complexity index is 547. The van der Waals surface area contributed by atoms with Crippen LogP contribution in [0.15, 0.2) is 18.2 Å². The van der Waals surface area contributed by atoms with Gasteiger partial charge in [0, 0.05) is 11.4 Å². The van der Waals surface area contributed by atoms with Crippen LogP contribution in [0, 0.1) is 0 Å². The standard InChI is InChI=1S/C13H15ClN2O5/c1-3-12(18)21-7-11(17)15-16-13(19)9-6-8(14)4-5-10(9)20-2/h4-6H,3,7H2,1-2H3,(H,15,17)(H,16,19). The second kappa shape index (κ2) is 8.11. The van der Waals surface area contributed by atoms with Gasteiger partial charge in [0.05, 0.1) is 12.7 Å². The average Bonchev–Trinajstić information content (AvgIpc) is 2.49. The summed E-state index contributed by atoms with van der Waals surface area (Å²) in [7, 11) is 1.41. The van der Waals surface area contributed by atoms with E-state index < -0.39 is 24.4 Å². The fourth-order valence-corrected chi connectivity index (χ4v) is 1.51. The molecule has 0 aliphatic rings. The van der Waals surface area contributed by atoms with E-state index in [0.29, 0.717) is 10.8 Å². The van der Waals surface area contributed by atoms with Crippen molar-refractivity contribution >= 4 is 29.4 Å². The molecule has 0 unspecified atom stereocenters. The number of hydrogen-bond donors (Lipinski definition) is 2. The highest BCUT2D eigenvalue weighted by atomic mass is 35.5. The topological polar surface area (TPSA) is 93.7 Å². The van der Waals surface area contributed by atoms with Crippen molar-refractivity contribution in [3.63, 3.8) is 0 Å². The summed E-state index contributed by atoms with van der Waals surface area (Å²) in [6.45, 7) is 1.13. The van der Waals surface area contributed by atoms with Crippen LogP contribution < -0.4 is 15.6 Å². The summed E-state index contributed by atoms with van der Waals surface area (Å²) in [5, 5.41) is 0.351. The molecule has 0 heterocycles. The second-order valence-electron chi connectivity index (χ2n) is 3.86. The molecule has 0 aliphatic carbocycles. The zero-order chi connectivity index (χ0) is 15.8. The minimum atomic E-state index is -0.661. The lowest BCUT2D eigenvalue weighted by Gasteiger charge is -2.10. The largest absolute Gasteiger partial charge is 0.496 e. The molecule has 8 heteroatoms. The number of methoxy groups -OCH3 is 1.